The molecule has 0 aliphatic carbocycles. The molecule has 0 bridgehead atoms. The second kappa shape index (κ2) is 7.57. The second-order valence-corrected chi connectivity index (χ2v) is 5.56. The molecular weight excluding hydrogens is 270 g/mol. The maximum Gasteiger partial charge on any atom is 0.170 e. The molecule has 4 nitrogen and oxygen atoms in total. The van der Waals surface area contributed by atoms with Crippen LogP contribution in [0.4, 0.5) is 5.69 Å². The number of hydrogen-bond acceptors (Lipinski definition) is 3. The maximum atomic E-state index is 5.33. The minimum absolute atomic E-state index is 0.685. The lowest BCUT2D eigenvalue weighted by Gasteiger charge is -2.26. The van der Waals surface area contributed by atoms with E-state index in [4.69, 9.17) is 17.0 Å². The summed E-state index contributed by atoms with van der Waals surface area (Å²) in [7, 11) is 0. The van der Waals surface area contributed by atoms with E-state index >= 15 is 0 Å². The average molecular weight is 293 g/mol. The Morgan fingerprint density at radius 1 is 1.30 bits per heavy atom. The maximum absolute atomic E-state index is 5.33. The molecule has 0 unspecified atom stereocenters. The number of benzene rings is 1. The number of morpholine rings is 1. The number of thiocarbonyl (C=S) groups is 1. The molecule has 0 radical (unpaired) electrons. The summed E-state index contributed by atoms with van der Waals surface area (Å²) in [4.78, 5) is 2.39. The van der Waals surface area contributed by atoms with Crippen LogP contribution in [0.25, 0.3) is 0 Å². The number of ether oxygens (including phenoxy) is 1. The lowest BCUT2D eigenvalue weighted by Crippen LogP contribution is -2.42. The van der Waals surface area contributed by atoms with Gasteiger partial charge in [-0.2, -0.15) is 0 Å². The van der Waals surface area contributed by atoms with Gasteiger partial charge in [-0.05, 0) is 37.7 Å². The number of aryl methyl sites for hydroxylation is 2. The zero-order valence-electron chi connectivity index (χ0n) is 12.2. The van der Waals surface area contributed by atoms with Gasteiger partial charge in [0.15, 0.2) is 5.11 Å². The third kappa shape index (κ3) is 4.74. The van der Waals surface area contributed by atoms with Crippen molar-refractivity contribution in [2.45, 2.75) is 13.8 Å². The molecule has 1 fully saturated rings. The predicted molar refractivity (Wildman–Crippen MR) is 87.4 cm³/mol. The number of nitrogens with one attached hydrogen (secondary N) is 2. The molecule has 0 saturated carbocycles. The van der Waals surface area contributed by atoms with Crippen molar-refractivity contribution in [3.05, 3.63) is 29.3 Å². The lowest BCUT2D eigenvalue weighted by atomic mass is 10.1. The van der Waals surface area contributed by atoms with Gasteiger partial charge in [-0.25, -0.2) is 0 Å². The molecule has 0 amide bonds. The van der Waals surface area contributed by atoms with Crippen LogP contribution in [0.1, 0.15) is 11.1 Å². The minimum atomic E-state index is 0.685. The smallest absolute Gasteiger partial charge is 0.170 e. The van der Waals surface area contributed by atoms with E-state index < -0.39 is 0 Å². The topological polar surface area (TPSA) is 36.5 Å². The van der Waals surface area contributed by atoms with Gasteiger partial charge in [0.2, 0.25) is 0 Å². The Hall–Kier alpha value is -1.17. The molecule has 0 atom stereocenters. The molecular formula is C15H23N3OS. The van der Waals surface area contributed by atoms with E-state index in [9.17, 15) is 0 Å². The van der Waals surface area contributed by atoms with Crippen LogP contribution < -0.4 is 10.6 Å². The van der Waals surface area contributed by atoms with E-state index in [2.05, 4.69) is 47.6 Å². The van der Waals surface area contributed by atoms with Crippen molar-refractivity contribution in [3.8, 4) is 0 Å². The van der Waals surface area contributed by atoms with E-state index in [1.165, 1.54) is 11.1 Å². The van der Waals surface area contributed by atoms with Gasteiger partial charge in [0, 0.05) is 31.9 Å². The SMILES string of the molecule is Cc1ccc(NC(=S)NCCN2CCOCC2)c(C)c1. The van der Waals surface area contributed by atoms with Gasteiger partial charge in [0.05, 0.1) is 13.2 Å². The fourth-order valence-corrected chi connectivity index (χ4v) is 2.48. The van der Waals surface area contributed by atoms with Gasteiger partial charge >= 0.3 is 0 Å². The summed E-state index contributed by atoms with van der Waals surface area (Å²) in [5, 5.41) is 7.20. The highest BCUT2D eigenvalue weighted by atomic mass is 32.1. The van der Waals surface area contributed by atoms with Crippen LogP contribution in [-0.4, -0.2) is 49.4 Å². The number of hydrogen-bond donors (Lipinski definition) is 2. The quantitative estimate of drug-likeness (QED) is 0.830. The van der Waals surface area contributed by atoms with Crippen molar-refractivity contribution in [2.75, 3.05) is 44.7 Å². The summed E-state index contributed by atoms with van der Waals surface area (Å²) >= 11 is 5.33. The van der Waals surface area contributed by atoms with Crippen LogP contribution in [0.5, 0.6) is 0 Å². The summed E-state index contributed by atoms with van der Waals surface area (Å²) in [5.41, 5.74) is 3.54. The Labute approximate surface area is 126 Å². The Morgan fingerprint density at radius 3 is 2.75 bits per heavy atom. The Bertz CT molecular complexity index is 458. The Balaban J connectivity index is 1.72. The largest absolute Gasteiger partial charge is 0.379 e. The third-order valence-corrected chi connectivity index (χ3v) is 3.69. The van der Waals surface area contributed by atoms with E-state index in [0.717, 1.165) is 45.1 Å². The van der Waals surface area contributed by atoms with E-state index in [1.807, 2.05) is 0 Å². The van der Waals surface area contributed by atoms with Gasteiger partial charge in [-0.15, -0.1) is 0 Å². The number of nitrogens with zero attached hydrogens (tertiary/aromatic N) is 1. The van der Waals surface area contributed by atoms with Gasteiger partial charge in [-0.3, -0.25) is 4.90 Å². The number of rotatable bonds is 4. The van der Waals surface area contributed by atoms with Crippen molar-refractivity contribution in [2.24, 2.45) is 0 Å². The normalized spacial score (nSPS) is 15.9. The van der Waals surface area contributed by atoms with Crippen molar-refractivity contribution in [3.63, 3.8) is 0 Å². The Kier molecular flexibility index (Phi) is 5.76. The number of anilines is 1. The molecule has 0 aromatic heterocycles. The standard InChI is InChI=1S/C15H23N3OS/c1-12-3-4-14(13(2)11-12)17-15(20)16-5-6-18-7-9-19-10-8-18/h3-4,11H,5-10H2,1-2H3,(H2,16,17,20). The molecule has 2 rings (SSSR count). The highest BCUT2D eigenvalue weighted by Gasteiger charge is 2.09. The molecule has 2 N–H and O–H groups in total. The average Bonchev–Trinajstić information content (AvgIpc) is 2.43. The van der Waals surface area contributed by atoms with Crippen LogP contribution >= 0.6 is 12.2 Å². The third-order valence-electron chi connectivity index (χ3n) is 3.45. The van der Waals surface area contributed by atoms with E-state index in [0.29, 0.717) is 5.11 Å². The molecule has 0 spiro atoms. The summed E-state index contributed by atoms with van der Waals surface area (Å²) in [6.07, 6.45) is 0. The van der Waals surface area contributed by atoms with Crippen molar-refractivity contribution in [1.82, 2.24) is 10.2 Å². The predicted octanol–water partition coefficient (Wildman–Crippen LogP) is 1.92. The van der Waals surface area contributed by atoms with Crippen molar-refractivity contribution >= 4 is 23.0 Å². The highest BCUT2D eigenvalue weighted by Crippen LogP contribution is 2.15. The van der Waals surface area contributed by atoms with Gasteiger partial charge in [0.1, 0.15) is 0 Å². The molecule has 20 heavy (non-hydrogen) atoms. The fraction of sp³-hybridized carbons (Fsp3) is 0.533. The first kappa shape index (κ1) is 15.2. The molecule has 5 heteroatoms. The summed E-state index contributed by atoms with van der Waals surface area (Å²) in [5.74, 6) is 0. The van der Waals surface area contributed by atoms with Crippen LogP contribution in [-0.2, 0) is 4.74 Å². The summed E-state index contributed by atoms with van der Waals surface area (Å²) in [6, 6.07) is 6.31. The van der Waals surface area contributed by atoms with Crippen LogP contribution in [0.15, 0.2) is 18.2 Å². The van der Waals surface area contributed by atoms with Crippen molar-refractivity contribution < 1.29 is 4.74 Å². The van der Waals surface area contributed by atoms with E-state index in [-0.39, 0.29) is 0 Å². The van der Waals surface area contributed by atoms with Crippen molar-refractivity contribution in [1.29, 1.82) is 0 Å². The Morgan fingerprint density at radius 2 is 2.05 bits per heavy atom. The first-order valence-electron chi connectivity index (χ1n) is 7.07. The molecule has 1 aromatic rings. The monoisotopic (exact) mass is 293 g/mol. The van der Waals surface area contributed by atoms with Crippen LogP contribution in [0, 0.1) is 13.8 Å². The first-order chi connectivity index (χ1) is 9.65. The van der Waals surface area contributed by atoms with Crippen LogP contribution in [0.2, 0.25) is 0 Å². The van der Waals surface area contributed by atoms with Crippen LogP contribution in [0.3, 0.4) is 0 Å². The zero-order valence-corrected chi connectivity index (χ0v) is 13.1. The summed E-state index contributed by atoms with van der Waals surface area (Å²) in [6.45, 7) is 9.74. The van der Waals surface area contributed by atoms with Gasteiger partial charge in [0.25, 0.3) is 0 Å². The molecule has 110 valence electrons. The molecule has 1 aliphatic heterocycles. The molecule has 1 aromatic carbocycles. The van der Waals surface area contributed by atoms with Gasteiger partial charge < -0.3 is 15.4 Å². The lowest BCUT2D eigenvalue weighted by molar-refractivity contribution is 0.0389. The highest BCUT2D eigenvalue weighted by molar-refractivity contribution is 7.80. The summed E-state index contributed by atoms with van der Waals surface area (Å²) < 4.78 is 5.33. The fourth-order valence-electron chi connectivity index (χ4n) is 2.27. The molecule has 1 aliphatic rings. The minimum Gasteiger partial charge on any atom is -0.379 e. The second-order valence-electron chi connectivity index (χ2n) is 5.15. The van der Waals surface area contributed by atoms with E-state index in [1.54, 1.807) is 0 Å². The first-order valence-corrected chi connectivity index (χ1v) is 7.48. The molecule has 1 saturated heterocycles. The molecule has 1 heterocycles. The van der Waals surface area contributed by atoms with Gasteiger partial charge in [-0.1, -0.05) is 17.7 Å². The zero-order chi connectivity index (χ0) is 14.4.